The molecule has 87 valence electrons. The van der Waals surface area contributed by atoms with Crippen LogP contribution in [-0.2, 0) is 42.0 Å². The van der Waals surface area contributed by atoms with Gasteiger partial charge in [0.2, 0.25) is 0 Å². The van der Waals surface area contributed by atoms with E-state index in [9.17, 15) is 0 Å². The van der Waals surface area contributed by atoms with Crippen molar-refractivity contribution in [2.24, 2.45) is 17.3 Å². The van der Waals surface area contributed by atoms with Crippen molar-refractivity contribution >= 4 is 7.12 Å². The summed E-state index contributed by atoms with van der Waals surface area (Å²) in [6.45, 7) is 10.9. The molecule has 4 atom stereocenters. The summed E-state index contributed by atoms with van der Waals surface area (Å²) in [5.74, 6) is 1.51. The van der Waals surface area contributed by atoms with Crippen LogP contribution in [0.1, 0.15) is 33.6 Å². The van der Waals surface area contributed by atoms with Crippen molar-refractivity contribution in [3.8, 4) is 0 Å². The van der Waals surface area contributed by atoms with Crippen molar-refractivity contribution in [3.63, 3.8) is 0 Å². The third-order valence-electron chi connectivity index (χ3n) is 5.24. The molecule has 1 saturated heterocycles. The van der Waals surface area contributed by atoms with Gasteiger partial charge in [-0.25, -0.2) is 0 Å². The molecule has 0 aromatic carbocycles. The summed E-state index contributed by atoms with van der Waals surface area (Å²) in [6, 6.07) is 0. The molecule has 0 spiro atoms. The van der Waals surface area contributed by atoms with Crippen molar-refractivity contribution in [3.05, 3.63) is 6.92 Å². The average Bonchev–Trinajstić information content (AvgIpc) is 2.53. The van der Waals surface area contributed by atoms with Crippen LogP contribution < -0.4 is 0 Å². The van der Waals surface area contributed by atoms with Gasteiger partial charge in [-0.2, -0.15) is 0 Å². The maximum absolute atomic E-state index is 6.10. The Morgan fingerprint density at radius 1 is 1.31 bits per heavy atom. The zero-order valence-electron chi connectivity index (χ0n) is 10.5. The first-order valence-corrected chi connectivity index (χ1v) is 6.11. The van der Waals surface area contributed by atoms with E-state index in [2.05, 4.69) is 27.7 Å². The van der Waals surface area contributed by atoms with Gasteiger partial charge in [-0.3, -0.25) is 0 Å². The third-order valence-corrected chi connectivity index (χ3v) is 5.24. The number of rotatable bonds is 1. The van der Waals surface area contributed by atoms with Crippen LogP contribution in [0.25, 0.3) is 0 Å². The molecule has 0 aromatic rings. The summed E-state index contributed by atoms with van der Waals surface area (Å²) in [4.78, 5) is 0. The Kier molecular flexibility index (Phi) is 3.42. The van der Waals surface area contributed by atoms with Gasteiger partial charge in [-0.15, -0.1) is 6.32 Å². The summed E-state index contributed by atoms with van der Waals surface area (Å²) in [5.41, 5.74) is 0.408. The molecular formula is C12H20BO2Y-. The van der Waals surface area contributed by atoms with Gasteiger partial charge in [0.15, 0.2) is 0 Å². The Labute approximate surface area is 124 Å². The van der Waals surface area contributed by atoms with Crippen LogP contribution in [0.2, 0.25) is 6.32 Å². The van der Waals surface area contributed by atoms with Gasteiger partial charge in [0.25, 0.3) is 0 Å². The predicted octanol–water partition coefficient (Wildman–Crippen LogP) is 2.55. The summed E-state index contributed by atoms with van der Waals surface area (Å²) in [7, 11) is -0.0600. The fourth-order valence-corrected chi connectivity index (χ4v) is 4.08. The van der Waals surface area contributed by atoms with Crippen molar-refractivity contribution in [1.82, 2.24) is 0 Å². The molecule has 16 heavy (non-hydrogen) atoms. The first-order valence-electron chi connectivity index (χ1n) is 6.11. The summed E-state index contributed by atoms with van der Waals surface area (Å²) in [5, 5.41) is 0. The Balaban J connectivity index is 0.000000963. The quantitative estimate of drug-likeness (QED) is 0.547. The van der Waals surface area contributed by atoms with Gasteiger partial charge in [-0.05, 0) is 37.0 Å². The number of hydrogen-bond acceptors (Lipinski definition) is 2. The first kappa shape index (κ1) is 13.5. The molecule has 1 unspecified atom stereocenters. The fourth-order valence-electron chi connectivity index (χ4n) is 4.08. The van der Waals surface area contributed by atoms with E-state index in [0.29, 0.717) is 17.4 Å². The molecule has 2 bridgehead atoms. The summed E-state index contributed by atoms with van der Waals surface area (Å²) >= 11 is 0. The van der Waals surface area contributed by atoms with Gasteiger partial charge >= 0.3 is 7.12 Å². The van der Waals surface area contributed by atoms with Gasteiger partial charge in [-0.1, -0.05) is 13.8 Å². The van der Waals surface area contributed by atoms with E-state index >= 15 is 0 Å². The van der Waals surface area contributed by atoms with E-state index in [1.54, 1.807) is 0 Å². The van der Waals surface area contributed by atoms with E-state index in [0.717, 1.165) is 12.2 Å². The maximum atomic E-state index is 6.10. The normalized spacial score (nSPS) is 48.0. The second-order valence-corrected chi connectivity index (χ2v) is 6.19. The summed E-state index contributed by atoms with van der Waals surface area (Å²) < 4.78 is 12.0. The van der Waals surface area contributed by atoms with Gasteiger partial charge in [0.1, 0.15) is 0 Å². The van der Waals surface area contributed by atoms with E-state index in [1.165, 1.54) is 12.8 Å². The van der Waals surface area contributed by atoms with Crippen LogP contribution >= 0.6 is 0 Å². The molecule has 2 nitrogen and oxygen atoms in total. The zero-order chi connectivity index (χ0) is 10.8. The predicted molar refractivity (Wildman–Crippen MR) is 60.3 cm³/mol. The smallest absolute Gasteiger partial charge is 0.407 e. The average molecular weight is 296 g/mol. The van der Waals surface area contributed by atoms with E-state index < -0.39 is 0 Å². The summed E-state index contributed by atoms with van der Waals surface area (Å²) in [6.07, 6.45) is 3.55. The molecule has 1 heterocycles. The van der Waals surface area contributed by atoms with Gasteiger partial charge in [0.05, 0.1) is 11.7 Å². The second-order valence-electron chi connectivity index (χ2n) is 6.19. The zero-order valence-corrected chi connectivity index (χ0v) is 13.4. The van der Waals surface area contributed by atoms with Gasteiger partial charge < -0.3 is 16.2 Å². The maximum Gasteiger partial charge on any atom is 0.425 e. The topological polar surface area (TPSA) is 18.5 Å². The Bertz CT molecular complexity index is 297. The van der Waals surface area contributed by atoms with Crippen molar-refractivity contribution in [2.75, 3.05) is 0 Å². The van der Waals surface area contributed by atoms with Gasteiger partial charge in [0, 0.05) is 32.7 Å². The standard InChI is InChI=1S/C12H20BO2.Y/c1-5-13-14-10-7-8-6-9(11(8,2)3)12(10,4)15-13;/h8-10H,1,5-7H2,2-4H3;/q-1;/t8-,9?,10+,12-;/m0./s1. The first-order chi connectivity index (χ1) is 6.98. The molecule has 4 rings (SSSR count). The minimum Gasteiger partial charge on any atom is -0.407 e. The Morgan fingerprint density at radius 3 is 2.56 bits per heavy atom. The molecule has 1 radical (unpaired) electrons. The molecule has 1 aliphatic heterocycles. The van der Waals surface area contributed by atoms with E-state index in [1.807, 2.05) is 0 Å². The molecule has 3 aliphatic carbocycles. The molecule has 4 heteroatoms. The van der Waals surface area contributed by atoms with Crippen molar-refractivity contribution < 1.29 is 42.0 Å². The largest absolute Gasteiger partial charge is 0.425 e. The minimum absolute atomic E-state index is 0. The molecule has 0 amide bonds. The molecule has 4 fully saturated rings. The van der Waals surface area contributed by atoms with Crippen LogP contribution in [0.15, 0.2) is 0 Å². The van der Waals surface area contributed by atoms with Crippen LogP contribution in [0, 0.1) is 24.2 Å². The van der Waals surface area contributed by atoms with Crippen LogP contribution in [-0.4, -0.2) is 18.8 Å². The molecular weight excluding hydrogens is 276 g/mol. The number of hydrogen-bond donors (Lipinski definition) is 0. The monoisotopic (exact) mass is 296 g/mol. The van der Waals surface area contributed by atoms with E-state index in [-0.39, 0.29) is 45.4 Å². The Morgan fingerprint density at radius 2 is 2.00 bits per heavy atom. The van der Waals surface area contributed by atoms with Crippen LogP contribution in [0.3, 0.4) is 0 Å². The minimum atomic E-state index is -0.0600. The third kappa shape index (κ3) is 1.54. The molecule has 3 saturated carbocycles. The van der Waals surface area contributed by atoms with Crippen molar-refractivity contribution in [2.45, 2.75) is 51.6 Å². The molecule has 0 aromatic heterocycles. The SMILES string of the molecule is [CH2-]CB1O[C@@H]2C[C@@H]3CC(C3(C)C)[C@]2(C)O1.[Y]. The van der Waals surface area contributed by atoms with Crippen LogP contribution in [0.4, 0.5) is 0 Å². The fraction of sp³-hybridized carbons (Fsp3) is 0.917. The van der Waals surface area contributed by atoms with E-state index in [4.69, 9.17) is 9.31 Å². The molecule has 4 aliphatic rings. The van der Waals surface area contributed by atoms with Crippen molar-refractivity contribution in [1.29, 1.82) is 0 Å². The molecule has 0 N–H and O–H groups in total. The Hall–Kier alpha value is 1.09. The second kappa shape index (κ2) is 4.05. The van der Waals surface area contributed by atoms with Crippen LogP contribution in [0.5, 0.6) is 0 Å².